The Morgan fingerprint density at radius 2 is 1.60 bits per heavy atom. The average molecular weight is 388 g/mol. The summed E-state index contributed by atoms with van der Waals surface area (Å²) in [5, 5.41) is 14.2. The zero-order valence-corrected chi connectivity index (χ0v) is 15.0. The molecule has 0 saturated carbocycles. The number of nitrogen functional groups attached to an aromatic ring is 1. The van der Waals surface area contributed by atoms with Crippen molar-refractivity contribution in [2.24, 2.45) is 0 Å². The van der Waals surface area contributed by atoms with Crippen molar-refractivity contribution in [2.45, 2.75) is 0 Å². The molecule has 0 radical (unpaired) electrons. The highest BCUT2D eigenvalue weighted by Gasteiger charge is 2.22. The smallest absolute Gasteiger partial charge is 0.205 e. The number of carbonyl (C=O) groups excluding carboxylic acids is 1. The van der Waals surface area contributed by atoms with E-state index in [9.17, 15) is 10.1 Å². The number of nitriles is 1. The lowest BCUT2D eigenvalue weighted by atomic mass is 10.1. The maximum Gasteiger partial charge on any atom is 0.205 e. The quantitative estimate of drug-likeness (QED) is 0.580. The van der Waals surface area contributed by atoms with Gasteiger partial charge in [0.15, 0.2) is 0 Å². The van der Waals surface area contributed by atoms with E-state index in [2.05, 4.69) is 11.4 Å². The van der Waals surface area contributed by atoms with Gasteiger partial charge in [-0.15, -0.1) is 11.3 Å². The highest BCUT2D eigenvalue weighted by molar-refractivity contribution is 7.19. The van der Waals surface area contributed by atoms with Gasteiger partial charge >= 0.3 is 0 Å². The minimum Gasteiger partial charge on any atom is -0.396 e. The van der Waals surface area contributed by atoms with Gasteiger partial charge < -0.3 is 11.1 Å². The molecule has 3 aromatic rings. The highest BCUT2D eigenvalue weighted by Crippen LogP contribution is 2.38. The molecule has 0 aliphatic carbocycles. The first-order valence-electron chi connectivity index (χ1n) is 7.15. The van der Waals surface area contributed by atoms with Gasteiger partial charge in [0.05, 0.1) is 5.69 Å². The first kappa shape index (κ1) is 17.3. The first-order chi connectivity index (χ1) is 12.0. The predicted molar refractivity (Wildman–Crippen MR) is 103 cm³/mol. The summed E-state index contributed by atoms with van der Waals surface area (Å²) >= 11 is 12.9. The fraction of sp³-hybridized carbons (Fsp3) is 0. The highest BCUT2D eigenvalue weighted by atomic mass is 35.5. The van der Waals surface area contributed by atoms with Crippen molar-refractivity contribution in [2.75, 3.05) is 11.1 Å². The van der Waals surface area contributed by atoms with Crippen molar-refractivity contribution in [3.63, 3.8) is 0 Å². The van der Waals surface area contributed by atoms with Gasteiger partial charge in [0.2, 0.25) is 5.78 Å². The summed E-state index contributed by atoms with van der Waals surface area (Å²) in [6.07, 6.45) is 0. The largest absolute Gasteiger partial charge is 0.396 e. The Balaban J connectivity index is 1.97. The van der Waals surface area contributed by atoms with Crippen LogP contribution in [0.2, 0.25) is 10.0 Å². The molecule has 25 heavy (non-hydrogen) atoms. The summed E-state index contributed by atoms with van der Waals surface area (Å²) in [6, 6.07) is 15.6. The van der Waals surface area contributed by atoms with E-state index in [1.165, 1.54) is 0 Å². The molecule has 3 rings (SSSR count). The maximum atomic E-state index is 12.7. The SMILES string of the molecule is N#Cc1c(Nc2ccc(Cl)cc2)sc(C(=O)c2ccc(Cl)cc2)c1N. The van der Waals surface area contributed by atoms with Crippen molar-refractivity contribution in [1.82, 2.24) is 0 Å². The van der Waals surface area contributed by atoms with E-state index in [0.29, 0.717) is 25.5 Å². The summed E-state index contributed by atoms with van der Waals surface area (Å²) in [5.74, 6) is -0.250. The third kappa shape index (κ3) is 3.62. The van der Waals surface area contributed by atoms with Crippen LogP contribution < -0.4 is 11.1 Å². The number of nitrogens with one attached hydrogen (secondary N) is 1. The van der Waals surface area contributed by atoms with Crippen LogP contribution >= 0.6 is 34.5 Å². The summed E-state index contributed by atoms with van der Waals surface area (Å²) in [7, 11) is 0. The van der Waals surface area contributed by atoms with Gasteiger partial charge in [-0.3, -0.25) is 4.79 Å². The van der Waals surface area contributed by atoms with Crippen LogP contribution in [0.4, 0.5) is 16.4 Å². The molecule has 7 heteroatoms. The van der Waals surface area contributed by atoms with E-state index in [0.717, 1.165) is 17.0 Å². The van der Waals surface area contributed by atoms with Crippen molar-refractivity contribution in [3.8, 4) is 6.07 Å². The van der Waals surface area contributed by atoms with Crippen LogP contribution in [0.15, 0.2) is 48.5 Å². The second-order valence-electron chi connectivity index (χ2n) is 5.13. The van der Waals surface area contributed by atoms with Gasteiger partial charge in [0.1, 0.15) is 21.5 Å². The lowest BCUT2D eigenvalue weighted by Crippen LogP contribution is -2.02. The van der Waals surface area contributed by atoms with Crippen LogP contribution in [0, 0.1) is 11.3 Å². The van der Waals surface area contributed by atoms with E-state index in [4.69, 9.17) is 28.9 Å². The van der Waals surface area contributed by atoms with E-state index in [1.807, 2.05) is 0 Å². The fourth-order valence-electron chi connectivity index (χ4n) is 2.21. The van der Waals surface area contributed by atoms with E-state index < -0.39 is 0 Å². The number of ketones is 1. The number of rotatable bonds is 4. The van der Waals surface area contributed by atoms with Crippen molar-refractivity contribution < 1.29 is 4.79 Å². The Hall–Kier alpha value is -2.52. The van der Waals surface area contributed by atoms with Crippen LogP contribution in [0.25, 0.3) is 0 Å². The molecule has 0 atom stereocenters. The molecule has 0 aliphatic rings. The molecule has 3 N–H and O–H groups in total. The zero-order valence-electron chi connectivity index (χ0n) is 12.7. The molecule has 0 fully saturated rings. The van der Waals surface area contributed by atoms with Gasteiger partial charge in [-0.1, -0.05) is 23.2 Å². The molecule has 0 amide bonds. The molecule has 0 saturated heterocycles. The normalized spacial score (nSPS) is 10.3. The number of carbonyl (C=O) groups is 1. The monoisotopic (exact) mass is 387 g/mol. The van der Waals surface area contributed by atoms with E-state index >= 15 is 0 Å². The first-order valence-corrected chi connectivity index (χ1v) is 8.72. The molecule has 1 heterocycles. The number of anilines is 3. The number of benzene rings is 2. The molecule has 1 aromatic heterocycles. The molecule has 0 spiro atoms. The Labute approximate surface area is 158 Å². The average Bonchev–Trinajstić information content (AvgIpc) is 2.92. The Morgan fingerprint density at radius 3 is 2.16 bits per heavy atom. The van der Waals surface area contributed by atoms with Crippen molar-refractivity contribution >= 4 is 56.7 Å². The standard InChI is InChI=1S/C18H11Cl2N3OS/c19-11-3-1-10(2-4-11)16(24)17-15(22)14(9-21)18(25-17)23-13-7-5-12(20)6-8-13/h1-8,23H,22H2. The summed E-state index contributed by atoms with van der Waals surface area (Å²) in [4.78, 5) is 13.0. The Kier molecular flexibility index (Phi) is 4.95. The number of halogens is 2. The lowest BCUT2D eigenvalue weighted by molar-refractivity contribution is 0.104. The number of thiophene rings is 1. The second-order valence-corrected chi connectivity index (χ2v) is 7.02. The topological polar surface area (TPSA) is 78.9 Å². The second kappa shape index (κ2) is 7.16. The van der Waals surface area contributed by atoms with Gasteiger partial charge in [-0.25, -0.2) is 0 Å². The molecular formula is C18H11Cl2N3OS. The van der Waals surface area contributed by atoms with Gasteiger partial charge in [-0.05, 0) is 48.5 Å². The van der Waals surface area contributed by atoms with E-state index in [1.54, 1.807) is 48.5 Å². The summed E-state index contributed by atoms with van der Waals surface area (Å²) in [6.45, 7) is 0. The minimum absolute atomic E-state index is 0.170. The summed E-state index contributed by atoms with van der Waals surface area (Å²) in [5.41, 5.74) is 7.66. The molecular weight excluding hydrogens is 377 g/mol. The minimum atomic E-state index is -0.250. The molecule has 124 valence electrons. The molecule has 0 unspecified atom stereocenters. The Bertz CT molecular complexity index is 973. The van der Waals surface area contributed by atoms with Crippen molar-refractivity contribution in [3.05, 3.63) is 74.6 Å². The third-order valence-corrected chi connectivity index (χ3v) is 5.10. The molecule has 4 nitrogen and oxygen atoms in total. The van der Waals surface area contributed by atoms with Crippen LogP contribution in [-0.2, 0) is 0 Å². The lowest BCUT2D eigenvalue weighted by Gasteiger charge is -2.04. The van der Waals surface area contributed by atoms with Crippen molar-refractivity contribution in [1.29, 1.82) is 5.26 Å². The number of nitrogens with two attached hydrogens (primary N) is 1. The van der Waals surface area contributed by atoms with Crippen LogP contribution in [0.1, 0.15) is 20.8 Å². The van der Waals surface area contributed by atoms with Crippen LogP contribution in [0.5, 0.6) is 0 Å². The van der Waals surface area contributed by atoms with Gasteiger partial charge in [0, 0.05) is 21.3 Å². The Morgan fingerprint density at radius 1 is 1.04 bits per heavy atom. The van der Waals surface area contributed by atoms with E-state index in [-0.39, 0.29) is 17.0 Å². The molecule has 0 bridgehead atoms. The summed E-state index contributed by atoms with van der Waals surface area (Å²) < 4.78 is 0. The van der Waals surface area contributed by atoms with Crippen LogP contribution in [0.3, 0.4) is 0 Å². The number of nitrogens with zero attached hydrogens (tertiary/aromatic N) is 1. The fourth-order valence-corrected chi connectivity index (χ4v) is 3.51. The number of hydrogen-bond acceptors (Lipinski definition) is 5. The molecule has 0 aliphatic heterocycles. The zero-order chi connectivity index (χ0) is 18.0. The predicted octanol–water partition coefficient (Wildman–Crippen LogP) is 5.48. The maximum absolute atomic E-state index is 12.7. The third-order valence-electron chi connectivity index (χ3n) is 3.47. The van der Waals surface area contributed by atoms with Crippen LogP contribution in [-0.4, -0.2) is 5.78 Å². The number of hydrogen-bond donors (Lipinski definition) is 2. The van der Waals surface area contributed by atoms with Gasteiger partial charge in [-0.2, -0.15) is 5.26 Å². The molecule has 2 aromatic carbocycles. The van der Waals surface area contributed by atoms with Gasteiger partial charge in [0.25, 0.3) is 0 Å².